The van der Waals surface area contributed by atoms with Gasteiger partial charge in [0.1, 0.15) is 0 Å². The van der Waals surface area contributed by atoms with Crippen LogP contribution in [-0.4, -0.2) is 6.26 Å². The Bertz CT molecular complexity index is 374. The standard InChI is InChI=1S/C17H22S/c1-5-12-17(13-6-2,14-7-3)15-8-10-16(18-4)11-9-15/h5-11H,1-3,12-14H2,4H3. The van der Waals surface area contributed by atoms with Crippen molar-refractivity contribution in [3.8, 4) is 0 Å². The molecule has 0 unspecified atom stereocenters. The Hall–Kier alpha value is -1.21. The fraction of sp³-hybridized carbons (Fsp3) is 0.294. The number of hydrogen-bond acceptors (Lipinski definition) is 1. The van der Waals surface area contributed by atoms with Crippen LogP contribution in [0, 0.1) is 0 Å². The van der Waals surface area contributed by atoms with Crippen molar-refractivity contribution in [1.29, 1.82) is 0 Å². The van der Waals surface area contributed by atoms with Crippen LogP contribution in [0.2, 0.25) is 0 Å². The van der Waals surface area contributed by atoms with E-state index >= 15 is 0 Å². The van der Waals surface area contributed by atoms with E-state index in [9.17, 15) is 0 Å². The Balaban J connectivity index is 3.15. The maximum atomic E-state index is 3.90. The van der Waals surface area contributed by atoms with Crippen molar-refractivity contribution in [1.82, 2.24) is 0 Å². The van der Waals surface area contributed by atoms with Crippen LogP contribution >= 0.6 is 11.8 Å². The number of benzene rings is 1. The number of hydrogen-bond donors (Lipinski definition) is 0. The second-order valence-electron chi connectivity index (χ2n) is 4.49. The second kappa shape index (κ2) is 7.27. The molecule has 0 amide bonds. The average Bonchev–Trinajstić information content (AvgIpc) is 2.39. The van der Waals surface area contributed by atoms with Crippen LogP contribution in [0.3, 0.4) is 0 Å². The third-order valence-corrected chi connectivity index (χ3v) is 4.05. The first-order valence-corrected chi connectivity index (χ1v) is 7.42. The van der Waals surface area contributed by atoms with E-state index in [0.29, 0.717) is 0 Å². The van der Waals surface area contributed by atoms with Gasteiger partial charge in [-0.2, -0.15) is 0 Å². The van der Waals surface area contributed by atoms with Gasteiger partial charge in [-0.1, -0.05) is 30.4 Å². The summed E-state index contributed by atoms with van der Waals surface area (Å²) in [7, 11) is 0. The zero-order valence-electron chi connectivity index (χ0n) is 11.2. The Labute approximate surface area is 116 Å². The molecule has 0 atom stereocenters. The molecule has 0 nitrogen and oxygen atoms in total. The maximum Gasteiger partial charge on any atom is 0.00693 e. The van der Waals surface area contributed by atoms with Crippen LogP contribution in [0.15, 0.2) is 67.1 Å². The first kappa shape index (κ1) is 14.8. The summed E-state index contributed by atoms with van der Waals surface area (Å²) in [4.78, 5) is 1.29. The van der Waals surface area contributed by atoms with Gasteiger partial charge in [0.15, 0.2) is 0 Å². The van der Waals surface area contributed by atoms with E-state index in [-0.39, 0.29) is 5.41 Å². The van der Waals surface area contributed by atoms with Gasteiger partial charge in [0, 0.05) is 10.3 Å². The first-order valence-electron chi connectivity index (χ1n) is 6.19. The van der Waals surface area contributed by atoms with Crippen molar-refractivity contribution in [3.63, 3.8) is 0 Å². The van der Waals surface area contributed by atoms with Crippen LogP contribution in [0.4, 0.5) is 0 Å². The number of rotatable bonds is 8. The van der Waals surface area contributed by atoms with E-state index in [1.807, 2.05) is 18.2 Å². The highest BCUT2D eigenvalue weighted by molar-refractivity contribution is 7.98. The molecule has 1 heteroatoms. The van der Waals surface area contributed by atoms with Crippen molar-refractivity contribution in [2.24, 2.45) is 0 Å². The molecule has 0 aliphatic heterocycles. The largest absolute Gasteiger partial charge is 0.130 e. The highest BCUT2D eigenvalue weighted by Crippen LogP contribution is 2.37. The SMILES string of the molecule is C=CCC(CC=C)(CC=C)c1ccc(SC)cc1. The molecule has 0 fully saturated rings. The monoisotopic (exact) mass is 258 g/mol. The molecule has 1 aromatic carbocycles. The van der Waals surface area contributed by atoms with E-state index in [2.05, 4.69) is 50.3 Å². The Morgan fingerprint density at radius 2 is 1.39 bits per heavy atom. The van der Waals surface area contributed by atoms with Gasteiger partial charge in [-0.3, -0.25) is 0 Å². The summed E-state index contributed by atoms with van der Waals surface area (Å²) in [6.45, 7) is 11.7. The smallest absolute Gasteiger partial charge is 0.00693 e. The van der Waals surface area contributed by atoms with Gasteiger partial charge >= 0.3 is 0 Å². The normalized spacial score (nSPS) is 10.9. The lowest BCUT2D eigenvalue weighted by atomic mass is 9.72. The average molecular weight is 258 g/mol. The lowest BCUT2D eigenvalue weighted by Gasteiger charge is -2.32. The van der Waals surface area contributed by atoms with E-state index in [4.69, 9.17) is 0 Å². The van der Waals surface area contributed by atoms with Crippen molar-refractivity contribution in [3.05, 3.63) is 67.8 Å². The molecule has 1 aromatic rings. The number of allylic oxidation sites excluding steroid dienone is 3. The Morgan fingerprint density at radius 1 is 0.944 bits per heavy atom. The quantitative estimate of drug-likeness (QED) is 0.446. The van der Waals surface area contributed by atoms with Gasteiger partial charge in [-0.15, -0.1) is 31.5 Å². The summed E-state index contributed by atoms with van der Waals surface area (Å²) in [5.41, 5.74) is 1.42. The molecule has 0 aliphatic carbocycles. The van der Waals surface area contributed by atoms with E-state index in [1.165, 1.54) is 10.5 Å². The minimum absolute atomic E-state index is 0.0716. The van der Waals surface area contributed by atoms with Gasteiger partial charge in [0.2, 0.25) is 0 Å². The van der Waals surface area contributed by atoms with Crippen molar-refractivity contribution in [2.75, 3.05) is 6.26 Å². The van der Waals surface area contributed by atoms with Crippen LogP contribution in [-0.2, 0) is 5.41 Å². The van der Waals surface area contributed by atoms with Crippen LogP contribution in [0.1, 0.15) is 24.8 Å². The van der Waals surface area contributed by atoms with Crippen molar-refractivity contribution < 1.29 is 0 Å². The second-order valence-corrected chi connectivity index (χ2v) is 5.37. The molecule has 18 heavy (non-hydrogen) atoms. The molecule has 0 saturated carbocycles. The van der Waals surface area contributed by atoms with Crippen LogP contribution < -0.4 is 0 Å². The fourth-order valence-electron chi connectivity index (χ4n) is 2.38. The zero-order chi connectivity index (χ0) is 13.4. The summed E-state index contributed by atoms with van der Waals surface area (Å²) >= 11 is 1.77. The summed E-state index contributed by atoms with van der Waals surface area (Å²) in [5, 5.41) is 0. The third-order valence-electron chi connectivity index (χ3n) is 3.31. The Kier molecular flexibility index (Phi) is 6.00. The van der Waals surface area contributed by atoms with Crippen molar-refractivity contribution >= 4 is 11.8 Å². The maximum absolute atomic E-state index is 3.90. The molecule has 0 N–H and O–H groups in total. The molecule has 0 aliphatic rings. The summed E-state index contributed by atoms with van der Waals surface area (Å²) in [6.07, 6.45) is 10.9. The fourth-order valence-corrected chi connectivity index (χ4v) is 2.79. The highest BCUT2D eigenvalue weighted by Gasteiger charge is 2.28. The van der Waals surface area contributed by atoms with Gasteiger partial charge < -0.3 is 0 Å². The Morgan fingerprint density at radius 3 is 1.72 bits per heavy atom. The third kappa shape index (κ3) is 3.39. The van der Waals surface area contributed by atoms with Gasteiger partial charge in [0.05, 0.1) is 0 Å². The predicted octanol–water partition coefficient (Wildman–Crippen LogP) is 5.37. The van der Waals surface area contributed by atoms with Crippen LogP contribution in [0.5, 0.6) is 0 Å². The van der Waals surface area contributed by atoms with E-state index < -0.39 is 0 Å². The van der Waals surface area contributed by atoms with E-state index in [1.54, 1.807) is 11.8 Å². The number of thioether (sulfide) groups is 1. The first-order chi connectivity index (χ1) is 8.72. The lowest BCUT2D eigenvalue weighted by molar-refractivity contribution is 0.442. The molecule has 0 heterocycles. The minimum Gasteiger partial charge on any atom is -0.130 e. The van der Waals surface area contributed by atoms with E-state index in [0.717, 1.165) is 19.3 Å². The molecule has 0 radical (unpaired) electrons. The molecule has 1 rings (SSSR count). The lowest BCUT2D eigenvalue weighted by Crippen LogP contribution is -2.24. The molecular formula is C17H22S. The van der Waals surface area contributed by atoms with Gasteiger partial charge in [-0.25, -0.2) is 0 Å². The predicted molar refractivity (Wildman–Crippen MR) is 84.3 cm³/mol. The van der Waals surface area contributed by atoms with Gasteiger partial charge in [0.25, 0.3) is 0 Å². The van der Waals surface area contributed by atoms with Crippen LogP contribution in [0.25, 0.3) is 0 Å². The van der Waals surface area contributed by atoms with Crippen molar-refractivity contribution in [2.45, 2.75) is 29.6 Å². The molecular weight excluding hydrogens is 236 g/mol. The summed E-state index contributed by atoms with van der Waals surface area (Å²) in [5.74, 6) is 0. The zero-order valence-corrected chi connectivity index (χ0v) is 12.0. The minimum atomic E-state index is 0.0716. The molecule has 0 aromatic heterocycles. The summed E-state index contributed by atoms with van der Waals surface area (Å²) < 4.78 is 0. The highest BCUT2D eigenvalue weighted by atomic mass is 32.2. The topological polar surface area (TPSA) is 0 Å². The molecule has 0 spiro atoms. The molecule has 96 valence electrons. The summed E-state index contributed by atoms with van der Waals surface area (Å²) in [6, 6.07) is 8.82. The van der Waals surface area contributed by atoms with Gasteiger partial charge in [-0.05, 0) is 43.2 Å². The molecule has 0 saturated heterocycles. The molecule has 0 bridgehead atoms.